The Bertz CT molecular complexity index is 1220. The number of benzene rings is 3. The van der Waals surface area contributed by atoms with Crippen molar-refractivity contribution in [1.29, 1.82) is 0 Å². The summed E-state index contributed by atoms with van der Waals surface area (Å²) in [5, 5.41) is 2.17. The Kier molecular flexibility index (Phi) is 5.11. The van der Waals surface area contributed by atoms with E-state index in [4.69, 9.17) is 14.5 Å². The molecular weight excluding hydrogens is 392 g/mol. The molecular formula is C25H22N2O2S. The highest BCUT2D eigenvalue weighted by atomic mass is 32.1. The molecule has 0 N–H and O–H groups in total. The number of fused-ring (bicyclic) bond motifs is 1. The van der Waals surface area contributed by atoms with Gasteiger partial charge in [0.25, 0.3) is 0 Å². The second kappa shape index (κ2) is 8.20. The molecule has 0 fully saturated rings. The Balaban J connectivity index is 1.62. The molecule has 0 saturated carbocycles. The highest BCUT2D eigenvalue weighted by Gasteiger charge is 2.15. The molecule has 4 nitrogen and oxygen atoms in total. The molecule has 3 aromatic carbocycles. The predicted octanol–water partition coefficient (Wildman–Crippen LogP) is 5.58. The number of hydrogen-bond acceptors (Lipinski definition) is 4. The molecule has 0 bridgehead atoms. The van der Waals surface area contributed by atoms with Crippen LogP contribution in [0.3, 0.4) is 0 Å². The monoisotopic (exact) mass is 414 g/mol. The first-order valence-electron chi connectivity index (χ1n) is 10.00. The number of para-hydroxylation sites is 1. The van der Waals surface area contributed by atoms with Gasteiger partial charge in [0.2, 0.25) is 0 Å². The molecule has 1 aromatic heterocycles. The maximum atomic E-state index is 5.81. The summed E-state index contributed by atoms with van der Waals surface area (Å²) in [7, 11) is 0. The summed E-state index contributed by atoms with van der Waals surface area (Å²) >= 11 is 1.65. The molecule has 1 aliphatic heterocycles. The molecule has 0 aliphatic carbocycles. The lowest BCUT2D eigenvalue weighted by atomic mass is 10.1. The first-order chi connectivity index (χ1) is 14.8. The number of aromatic nitrogens is 1. The third-order valence-corrected chi connectivity index (χ3v) is 5.94. The summed E-state index contributed by atoms with van der Waals surface area (Å²) in [5.41, 5.74) is 5.66. The largest absolute Gasteiger partial charge is 0.486 e. The van der Waals surface area contributed by atoms with Crippen molar-refractivity contribution in [1.82, 2.24) is 4.57 Å². The minimum absolute atomic E-state index is 0.581. The van der Waals surface area contributed by atoms with Crippen molar-refractivity contribution in [2.45, 2.75) is 13.5 Å². The second-order valence-electron chi connectivity index (χ2n) is 7.28. The molecule has 5 rings (SSSR count). The van der Waals surface area contributed by atoms with Crippen LogP contribution in [0.4, 0.5) is 5.69 Å². The summed E-state index contributed by atoms with van der Waals surface area (Å²) in [6.45, 7) is 4.04. The zero-order valence-corrected chi connectivity index (χ0v) is 17.6. The third-order valence-electron chi connectivity index (χ3n) is 5.08. The number of nitrogens with zero attached hydrogens (tertiary/aromatic N) is 2. The van der Waals surface area contributed by atoms with Crippen molar-refractivity contribution in [3.8, 4) is 22.8 Å². The van der Waals surface area contributed by atoms with Crippen molar-refractivity contribution in [3.63, 3.8) is 0 Å². The summed E-state index contributed by atoms with van der Waals surface area (Å²) in [6, 6.07) is 24.9. The van der Waals surface area contributed by atoms with Crippen LogP contribution in [-0.4, -0.2) is 17.8 Å². The number of ether oxygens (including phenoxy) is 2. The van der Waals surface area contributed by atoms with Gasteiger partial charge in [0.15, 0.2) is 16.3 Å². The van der Waals surface area contributed by atoms with Crippen molar-refractivity contribution < 1.29 is 9.47 Å². The van der Waals surface area contributed by atoms with E-state index in [1.165, 1.54) is 11.1 Å². The van der Waals surface area contributed by atoms with E-state index in [1.54, 1.807) is 11.3 Å². The molecule has 5 heteroatoms. The quantitative estimate of drug-likeness (QED) is 0.437. The molecule has 0 spiro atoms. The van der Waals surface area contributed by atoms with E-state index in [9.17, 15) is 0 Å². The highest BCUT2D eigenvalue weighted by Crippen LogP contribution is 2.35. The number of hydrogen-bond donors (Lipinski definition) is 0. The summed E-state index contributed by atoms with van der Waals surface area (Å²) in [5.74, 6) is 1.60. The van der Waals surface area contributed by atoms with Gasteiger partial charge in [-0.15, -0.1) is 11.3 Å². The standard InChI is InChI=1S/C25H22N2O2S/c1-18-7-9-19(10-8-18)16-27-22(17-30-25(27)26-21-5-3-2-4-6-21)20-11-12-23-24(15-20)29-14-13-28-23/h2-12,15,17H,13-14,16H2,1H3. The van der Waals surface area contributed by atoms with E-state index in [2.05, 4.69) is 53.3 Å². The average molecular weight is 415 g/mol. The fourth-order valence-electron chi connectivity index (χ4n) is 3.49. The molecule has 0 unspecified atom stereocenters. The van der Waals surface area contributed by atoms with Crippen molar-refractivity contribution in [3.05, 3.63) is 94.1 Å². The van der Waals surface area contributed by atoms with Gasteiger partial charge in [0.1, 0.15) is 13.2 Å². The highest BCUT2D eigenvalue weighted by molar-refractivity contribution is 7.07. The van der Waals surface area contributed by atoms with Gasteiger partial charge in [0.05, 0.1) is 17.9 Å². The zero-order chi connectivity index (χ0) is 20.3. The molecule has 1 aliphatic rings. The second-order valence-corrected chi connectivity index (χ2v) is 8.12. The van der Waals surface area contributed by atoms with Crippen LogP contribution in [0.15, 0.2) is 83.2 Å². The molecule has 30 heavy (non-hydrogen) atoms. The van der Waals surface area contributed by atoms with Gasteiger partial charge in [-0.2, -0.15) is 0 Å². The Morgan fingerprint density at radius 1 is 0.900 bits per heavy atom. The van der Waals surface area contributed by atoms with Gasteiger partial charge in [-0.3, -0.25) is 0 Å². The lowest BCUT2D eigenvalue weighted by Gasteiger charge is -2.19. The van der Waals surface area contributed by atoms with E-state index in [0.29, 0.717) is 13.2 Å². The van der Waals surface area contributed by atoms with E-state index in [-0.39, 0.29) is 0 Å². The van der Waals surface area contributed by atoms with E-state index in [1.807, 2.05) is 36.4 Å². The van der Waals surface area contributed by atoms with Crippen LogP contribution in [0.25, 0.3) is 11.3 Å². The van der Waals surface area contributed by atoms with Crippen molar-refractivity contribution in [2.75, 3.05) is 13.2 Å². The zero-order valence-electron chi connectivity index (χ0n) is 16.7. The topological polar surface area (TPSA) is 35.8 Å². The van der Waals surface area contributed by atoms with Crippen molar-refractivity contribution in [2.24, 2.45) is 4.99 Å². The molecule has 2 heterocycles. The smallest absolute Gasteiger partial charge is 0.190 e. The maximum Gasteiger partial charge on any atom is 0.190 e. The predicted molar refractivity (Wildman–Crippen MR) is 121 cm³/mol. The summed E-state index contributed by atoms with van der Waals surface area (Å²) in [4.78, 5) is 5.88. The molecule has 0 radical (unpaired) electrons. The SMILES string of the molecule is Cc1ccc(Cn2c(-c3ccc4c(c3)OCCO4)csc2=Nc2ccccc2)cc1. The number of aryl methyl sites for hydroxylation is 1. The lowest BCUT2D eigenvalue weighted by Crippen LogP contribution is -2.17. The molecule has 0 atom stereocenters. The van der Waals surface area contributed by atoms with Crippen LogP contribution in [0.5, 0.6) is 11.5 Å². The Morgan fingerprint density at radius 2 is 1.67 bits per heavy atom. The van der Waals surface area contributed by atoms with Gasteiger partial charge in [-0.25, -0.2) is 4.99 Å². The first kappa shape index (κ1) is 18.7. The Hall–Kier alpha value is -3.31. The van der Waals surface area contributed by atoms with Crippen LogP contribution in [-0.2, 0) is 6.54 Å². The van der Waals surface area contributed by atoms with Gasteiger partial charge in [-0.05, 0) is 42.8 Å². The van der Waals surface area contributed by atoms with Gasteiger partial charge >= 0.3 is 0 Å². The number of thiazole rings is 1. The van der Waals surface area contributed by atoms with Crippen LogP contribution < -0.4 is 14.3 Å². The summed E-state index contributed by atoms with van der Waals surface area (Å²) < 4.78 is 13.8. The van der Waals surface area contributed by atoms with Crippen LogP contribution in [0.1, 0.15) is 11.1 Å². The Morgan fingerprint density at radius 3 is 2.47 bits per heavy atom. The van der Waals surface area contributed by atoms with E-state index < -0.39 is 0 Å². The molecule has 0 amide bonds. The Labute approximate surface area is 179 Å². The van der Waals surface area contributed by atoms with Crippen LogP contribution in [0.2, 0.25) is 0 Å². The van der Waals surface area contributed by atoms with Gasteiger partial charge in [-0.1, -0.05) is 48.0 Å². The van der Waals surface area contributed by atoms with Crippen LogP contribution in [0, 0.1) is 6.92 Å². The molecule has 150 valence electrons. The minimum atomic E-state index is 0.581. The first-order valence-corrected chi connectivity index (χ1v) is 10.9. The van der Waals surface area contributed by atoms with Gasteiger partial charge < -0.3 is 14.0 Å². The van der Waals surface area contributed by atoms with E-state index >= 15 is 0 Å². The van der Waals surface area contributed by atoms with Crippen LogP contribution >= 0.6 is 11.3 Å². The lowest BCUT2D eigenvalue weighted by molar-refractivity contribution is 0.171. The van der Waals surface area contributed by atoms with Gasteiger partial charge in [0, 0.05) is 10.9 Å². The fraction of sp³-hybridized carbons (Fsp3) is 0.160. The normalized spacial score (nSPS) is 13.4. The molecule has 0 saturated heterocycles. The van der Waals surface area contributed by atoms with Crippen molar-refractivity contribution >= 4 is 17.0 Å². The van der Waals surface area contributed by atoms with E-state index in [0.717, 1.165) is 39.8 Å². The molecule has 4 aromatic rings. The number of rotatable bonds is 4. The summed E-state index contributed by atoms with van der Waals surface area (Å²) in [6.07, 6.45) is 0. The minimum Gasteiger partial charge on any atom is -0.486 e. The average Bonchev–Trinajstić information content (AvgIpc) is 3.17. The third kappa shape index (κ3) is 3.89. The fourth-order valence-corrected chi connectivity index (χ4v) is 4.42. The maximum absolute atomic E-state index is 5.81.